The number of carbonyl (C=O) groups excluding carboxylic acids is 1. The summed E-state index contributed by atoms with van der Waals surface area (Å²) >= 11 is 0. The van der Waals surface area contributed by atoms with E-state index in [9.17, 15) is 13.2 Å². The molecule has 1 atom stereocenters. The van der Waals surface area contributed by atoms with Crippen molar-refractivity contribution in [1.82, 2.24) is 10.6 Å². The molecule has 1 amide bonds. The van der Waals surface area contributed by atoms with Crippen LogP contribution in [0.2, 0.25) is 0 Å². The summed E-state index contributed by atoms with van der Waals surface area (Å²) in [6, 6.07) is 6.46. The molecule has 6 heteroatoms. The molecule has 0 aromatic heterocycles. The number of sulfone groups is 1. The molecule has 1 aromatic carbocycles. The van der Waals surface area contributed by atoms with Gasteiger partial charge >= 0.3 is 0 Å². The summed E-state index contributed by atoms with van der Waals surface area (Å²) in [5.74, 6) is -0.313. The quantitative estimate of drug-likeness (QED) is 0.793. The van der Waals surface area contributed by atoms with Crippen LogP contribution in [0.5, 0.6) is 0 Å². The number of rotatable bonds is 7. The smallest absolute Gasteiger partial charge is 0.252 e. The Bertz CT molecular complexity index is 555. The van der Waals surface area contributed by atoms with Crippen LogP contribution in [0.25, 0.3) is 0 Å². The third-order valence-corrected chi connectivity index (χ3v) is 4.97. The van der Waals surface area contributed by atoms with Crippen LogP contribution in [0, 0.1) is 0 Å². The van der Waals surface area contributed by atoms with E-state index in [1.54, 1.807) is 32.2 Å². The normalized spacial score (nSPS) is 12.9. The second-order valence-electron chi connectivity index (χ2n) is 4.71. The first kappa shape index (κ1) is 16.7. The molecule has 0 bridgehead atoms. The fourth-order valence-electron chi connectivity index (χ4n) is 1.75. The monoisotopic (exact) mass is 298 g/mol. The molecule has 0 aliphatic carbocycles. The molecule has 0 saturated carbocycles. The molecule has 0 spiro atoms. The van der Waals surface area contributed by atoms with E-state index in [-0.39, 0.29) is 28.2 Å². The number of amides is 1. The minimum atomic E-state index is -3.41. The molecular formula is C14H22N2O3S. The van der Waals surface area contributed by atoms with Gasteiger partial charge in [-0.2, -0.15) is 0 Å². The van der Waals surface area contributed by atoms with Crippen molar-refractivity contribution in [3.05, 3.63) is 29.8 Å². The summed E-state index contributed by atoms with van der Waals surface area (Å²) in [6.07, 6.45) is 0.523. The van der Waals surface area contributed by atoms with Crippen molar-refractivity contribution in [1.29, 1.82) is 0 Å². The Morgan fingerprint density at radius 2 is 1.95 bits per heavy atom. The topological polar surface area (TPSA) is 75.3 Å². The standard InChI is InChI=1S/C14H22N2O3S/c1-4-9-20(18,19)13-8-6-5-7-12(13)14(17)16-10-11(2)15-3/h5-8,11,15H,4,9-10H2,1-3H3,(H,16,17). The van der Waals surface area contributed by atoms with Crippen LogP contribution in [-0.2, 0) is 9.84 Å². The average molecular weight is 298 g/mol. The van der Waals surface area contributed by atoms with Gasteiger partial charge in [-0.1, -0.05) is 19.1 Å². The first-order chi connectivity index (χ1) is 9.42. The van der Waals surface area contributed by atoms with Gasteiger partial charge in [0.2, 0.25) is 0 Å². The van der Waals surface area contributed by atoms with Crippen molar-refractivity contribution < 1.29 is 13.2 Å². The average Bonchev–Trinajstić information content (AvgIpc) is 2.44. The Balaban J connectivity index is 2.99. The zero-order valence-corrected chi connectivity index (χ0v) is 13.0. The highest BCUT2D eigenvalue weighted by Crippen LogP contribution is 2.17. The number of hydrogen-bond acceptors (Lipinski definition) is 4. The van der Waals surface area contributed by atoms with E-state index in [0.717, 1.165) is 0 Å². The second kappa shape index (κ2) is 7.40. The minimum absolute atomic E-state index is 0.0458. The highest BCUT2D eigenvalue weighted by atomic mass is 32.2. The summed E-state index contributed by atoms with van der Waals surface area (Å²) in [6.45, 7) is 4.17. The van der Waals surface area contributed by atoms with E-state index >= 15 is 0 Å². The van der Waals surface area contributed by atoms with E-state index in [1.165, 1.54) is 6.07 Å². The Morgan fingerprint density at radius 1 is 1.30 bits per heavy atom. The van der Waals surface area contributed by atoms with Crippen LogP contribution in [0.15, 0.2) is 29.2 Å². The van der Waals surface area contributed by atoms with Gasteiger partial charge in [0.05, 0.1) is 16.2 Å². The lowest BCUT2D eigenvalue weighted by atomic mass is 10.2. The van der Waals surface area contributed by atoms with Gasteiger partial charge in [0, 0.05) is 12.6 Å². The Hall–Kier alpha value is -1.40. The lowest BCUT2D eigenvalue weighted by molar-refractivity contribution is 0.0947. The molecule has 0 aliphatic rings. The molecule has 0 saturated heterocycles. The Kier molecular flexibility index (Phi) is 6.16. The molecule has 0 heterocycles. The molecule has 0 aliphatic heterocycles. The molecule has 112 valence electrons. The fourth-order valence-corrected chi connectivity index (χ4v) is 3.29. The summed E-state index contributed by atoms with van der Waals surface area (Å²) < 4.78 is 24.3. The number of carbonyl (C=O) groups is 1. The molecule has 20 heavy (non-hydrogen) atoms. The lowest BCUT2D eigenvalue weighted by Gasteiger charge is -2.13. The van der Waals surface area contributed by atoms with Crippen LogP contribution >= 0.6 is 0 Å². The maximum absolute atomic E-state index is 12.2. The third-order valence-electron chi connectivity index (χ3n) is 3.00. The molecular weight excluding hydrogens is 276 g/mol. The van der Waals surface area contributed by atoms with Gasteiger partial charge in [0.15, 0.2) is 9.84 Å². The summed E-state index contributed by atoms with van der Waals surface area (Å²) in [7, 11) is -1.60. The molecule has 1 unspecified atom stereocenters. The van der Waals surface area contributed by atoms with Gasteiger partial charge in [-0.3, -0.25) is 4.79 Å². The van der Waals surface area contributed by atoms with E-state index < -0.39 is 9.84 Å². The van der Waals surface area contributed by atoms with Crippen molar-refractivity contribution in [3.63, 3.8) is 0 Å². The predicted molar refractivity (Wildman–Crippen MR) is 79.6 cm³/mol. The van der Waals surface area contributed by atoms with E-state index in [1.807, 2.05) is 6.92 Å². The van der Waals surface area contributed by atoms with Crippen molar-refractivity contribution in [3.8, 4) is 0 Å². The maximum Gasteiger partial charge on any atom is 0.252 e. The van der Waals surface area contributed by atoms with Gasteiger partial charge in [-0.05, 0) is 32.5 Å². The zero-order chi connectivity index (χ0) is 15.2. The highest BCUT2D eigenvalue weighted by molar-refractivity contribution is 7.91. The SMILES string of the molecule is CCCS(=O)(=O)c1ccccc1C(=O)NCC(C)NC. The highest BCUT2D eigenvalue weighted by Gasteiger charge is 2.21. The summed E-state index contributed by atoms with van der Waals surface area (Å²) in [5, 5.41) is 5.74. The largest absolute Gasteiger partial charge is 0.350 e. The Labute approximate surface area is 120 Å². The van der Waals surface area contributed by atoms with Crippen LogP contribution in [0.4, 0.5) is 0 Å². The van der Waals surface area contributed by atoms with Gasteiger partial charge in [-0.15, -0.1) is 0 Å². The maximum atomic E-state index is 12.2. The number of hydrogen-bond donors (Lipinski definition) is 2. The van der Waals surface area contributed by atoms with Crippen LogP contribution in [-0.4, -0.2) is 39.7 Å². The second-order valence-corrected chi connectivity index (χ2v) is 6.79. The summed E-state index contributed by atoms with van der Waals surface area (Å²) in [5.41, 5.74) is 0.212. The molecule has 5 nitrogen and oxygen atoms in total. The first-order valence-electron chi connectivity index (χ1n) is 6.69. The van der Waals surface area contributed by atoms with E-state index in [0.29, 0.717) is 13.0 Å². The lowest BCUT2D eigenvalue weighted by Crippen LogP contribution is -2.37. The van der Waals surface area contributed by atoms with Gasteiger partial charge in [-0.25, -0.2) is 8.42 Å². The Morgan fingerprint density at radius 3 is 2.55 bits per heavy atom. The van der Waals surface area contributed by atoms with Gasteiger partial charge in [0.25, 0.3) is 5.91 Å². The van der Waals surface area contributed by atoms with Gasteiger partial charge < -0.3 is 10.6 Å². The zero-order valence-electron chi connectivity index (χ0n) is 12.1. The molecule has 1 aromatic rings. The first-order valence-corrected chi connectivity index (χ1v) is 8.34. The van der Waals surface area contributed by atoms with Crippen molar-refractivity contribution >= 4 is 15.7 Å². The van der Waals surface area contributed by atoms with Crippen LogP contribution < -0.4 is 10.6 Å². The van der Waals surface area contributed by atoms with Crippen molar-refractivity contribution in [2.75, 3.05) is 19.3 Å². The summed E-state index contributed by atoms with van der Waals surface area (Å²) in [4.78, 5) is 12.2. The molecule has 2 N–H and O–H groups in total. The number of benzene rings is 1. The molecule has 0 radical (unpaired) electrons. The van der Waals surface area contributed by atoms with Gasteiger partial charge in [0.1, 0.15) is 0 Å². The molecule has 1 rings (SSSR count). The minimum Gasteiger partial charge on any atom is -0.350 e. The predicted octanol–water partition coefficient (Wildman–Crippen LogP) is 1.21. The van der Waals surface area contributed by atoms with E-state index in [2.05, 4.69) is 10.6 Å². The van der Waals surface area contributed by atoms with Crippen LogP contribution in [0.1, 0.15) is 30.6 Å². The van der Waals surface area contributed by atoms with Crippen LogP contribution in [0.3, 0.4) is 0 Å². The number of likely N-dealkylation sites (N-methyl/N-ethyl adjacent to an activating group) is 1. The van der Waals surface area contributed by atoms with Crippen molar-refractivity contribution in [2.45, 2.75) is 31.2 Å². The third kappa shape index (κ3) is 4.31. The fraction of sp³-hybridized carbons (Fsp3) is 0.500. The molecule has 0 fully saturated rings. The van der Waals surface area contributed by atoms with Crippen molar-refractivity contribution in [2.24, 2.45) is 0 Å². The number of nitrogens with one attached hydrogen (secondary N) is 2. The van der Waals surface area contributed by atoms with E-state index in [4.69, 9.17) is 0 Å².